The first-order chi connectivity index (χ1) is 15.5. The first-order valence-electron chi connectivity index (χ1n) is 13.1. The molecule has 35 heavy (non-hydrogen) atoms. The zero-order valence-corrected chi connectivity index (χ0v) is 28.5. The summed E-state index contributed by atoms with van der Waals surface area (Å²) in [5.41, 5.74) is 6.80. The predicted octanol–water partition coefficient (Wildman–Crippen LogP) is 9.20. The first-order valence-corrected chi connectivity index (χ1v) is 21.8. The summed E-state index contributed by atoms with van der Waals surface area (Å²) in [6, 6.07) is 4.27. The van der Waals surface area contributed by atoms with Gasteiger partial charge in [-0.2, -0.15) is 0 Å². The van der Waals surface area contributed by atoms with E-state index in [4.69, 9.17) is 19.0 Å². The lowest BCUT2D eigenvalue weighted by Gasteiger charge is -2.42. The Morgan fingerprint density at radius 3 is 1.31 bits per heavy atom. The molecular formula is C28H55NO3Si3. The topological polar surface area (TPSA) is 53.7 Å². The van der Waals surface area contributed by atoms with Gasteiger partial charge in [-0.05, 0) is 85.1 Å². The van der Waals surface area contributed by atoms with Crippen molar-refractivity contribution in [1.82, 2.24) is 0 Å². The van der Waals surface area contributed by atoms with Crippen molar-refractivity contribution in [2.75, 3.05) is 6.54 Å². The Kier molecular flexibility index (Phi) is 9.84. The molecule has 202 valence electrons. The van der Waals surface area contributed by atoms with Crippen molar-refractivity contribution in [3.63, 3.8) is 0 Å². The summed E-state index contributed by atoms with van der Waals surface area (Å²) in [4.78, 5) is 0. The number of nitrogens with two attached hydrogens (primary N) is 1. The Morgan fingerprint density at radius 1 is 0.657 bits per heavy atom. The van der Waals surface area contributed by atoms with E-state index in [1.165, 1.54) is 0 Å². The third-order valence-corrected chi connectivity index (χ3v) is 21.2. The van der Waals surface area contributed by atoms with Gasteiger partial charge >= 0.3 is 0 Å². The summed E-state index contributed by atoms with van der Waals surface area (Å²) in [5, 5.41) is 0.176. The summed E-state index contributed by atoms with van der Waals surface area (Å²) in [7, 11) is -6.42. The molecular weight excluding hydrogens is 483 g/mol. The molecule has 0 aliphatic carbocycles. The van der Waals surface area contributed by atoms with Gasteiger partial charge in [-0.25, -0.2) is 0 Å². The Morgan fingerprint density at radius 2 is 1.00 bits per heavy atom. The Hall–Kier alpha value is -1.03. The van der Waals surface area contributed by atoms with Gasteiger partial charge in [-0.3, -0.25) is 0 Å². The molecule has 7 heteroatoms. The van der Waals surface area contributed by atoms with Gasteiger partial charge < -0.3 is 19.0 Å². The van der Waals surface area contributed by atoms with E-state index < -0.39 is 25.0 Å². The monoisotopic (exact) mass is 537 g/mol. The third-order valence-electron chi connectivity index (χ3n) is 8.19. The standard InChI is InChI=1S/C28H55NO3Si3/c1-26(2,3)33(10,11)30-23-20-22(18-16-17-19-29)21-24(31-34(12,13)27(4,5)6)25(23)32-35(14,15)28(7,8)9/h16,18,20-21H,17,19,29H2,1-15H3. The van der Waals surface area contributed by atoms with E-state index in [1.54, 1.807) is 0 Å². The van der Waals surface area contributed by atoms with Gasteiger partial charge in [0, 0.05) is 0 Å². The van der Waals surface area contributed by atoms with E-state index >= 15 is 0 Å². The van der Waals surface area contributed by atoms with Crippen LogP contribution in [0.1, 0.15) is 74.3 Å². The van der Waals surface area contributed by atoms with E-state index in [0.717, 1.165) is 29.2 Å². The maximum atomic E-state index is 7.02. The van der Waals surface area contributed by atoms with Crippen LogP contribution in [0.2, 0.25) is 54.4 Å². The Labute approximate surface area is 220 Å². The second kappa shape index (κ2) is 10.8. The molecule has 0 spiro atoms. The summed E-state index contributed by atoms with van der Waals surface area (Å²) < 4.78 is 20.9. The molecule has 0 amide bonds. The Bertz CT molecular complexity index is 837. The van der Waals surface area contributed by atoms with Crippen LogP contribution in [-0.2, 0) is 0 Å². The lowest BCUT2D eigenvalue weighted by Crippen LogP contribution is -2.47. The number of hydrogen-bond acceptors (Lipinski definition) is 4. The van der Waals surface area contributed by atoms with Crippen LogP contribution in [-0.4, -0.2) is 31.5 Å². The van der Waals surface area contributed by atoms with Gasteiger partial charge in [0.1, 0.15) is 11.5 Å². The second-order valence-corrected chi connectivity index (χ2v) is 28.6. The van der Waals surface area contributed by atoms with Gasteiger partial charge in [0.2, 0.25) is 0 Å². The van der Waals surface area contributed by atoms with Gasteiger partial charge in [0.25, 0.3) is 25.0 Å². The van der Waals surface area contributed by atoms with Crippen molar-refractivity contribution in [3.8, 4) is 17.2 Å². The first kappa shape index (κ1) is 32.0. The summed E-state index contributed by atoms with van der Waals surface area (Å²) in [6.07, 6.45) is 5.08. The fourth-order valence-corrected chi connectivity index (χ4v) is 5.56. The summed E-state index contributed by atoms with van der Waals surface area (Å²) >= 11 is 0. The fourth-order valence-electron chi connectivity index (χ4n) is 2.53. The van der Waals surface area contributed by atoms with Crippen molar-refractivity contribution in [3.05, 3.63) is 23.8 Å². The quantitative estimate of drug-likeness (QED) is 0.319. The number of benzene rings is 1. The highest BCUT2D eigenvalue weighted by atomic mass is 28.4. The molecule has 1 rings (SSSR count). The van der Waals surface area contributed by atoms with Crippen LogP contribution in [0.25, 0.3) is 6.08 Å². The lowest BCUT2D eigenvalue weighted by molar-refractivity contribution is 0.412. The number of hydrogen-bond donors (Lipinski definition) is 1. The van der Waals surface area contributed by atoms with Gasteiger partial charge in [-0.1, -0.05) is 74.5 Å². The van der Waals surface area contributed by atoms with Crippen molar-refractivity contribution in [2.45, 2.75) is 123 Å². The van der Waals surface area contributed by atoms with Crippen LogP contribution >= 0.6 is 0 Å². The highest BCUT2D eigenvalue weighted by Crippen LogP contribution is 2.50. The average Bonchev–Trinajstić information content (AvgIpc) is 2.61. The molecule has 0 bridgehead atoms. The predicted molar refractivity (Wildman–Crippen MR) is 163 cm³/mol. The maximum Gasteiger partial charge on any atom is 0.250 e. The largest absolute Gasteiger partial charge is 0.541 e. The van der Waals surface area contributed by atoms with E-state index in [0.29, 0.717) is 6.54 Å². The van der Waals surface area contributed by atoms with Crippen molar-refractivity contribution < 1.29 is 13.3 Å². The normalized spacial score (nSPS) is 14.4. The molecule has 0 aromatic heterocycles. The SMILES string of the molecule is CC(C)(C)[Si](C)(C)Oc1cc(C=CCCN)cc(O[Si](C)(C)C(C)(C)C)c1O[Si](C)(C)C(C)(C)C. The zero-order valence-electron chi connectivity index (χ0n) is 25.5. The number of rotatable bonds is 9. The molecule has 1 aromatic carbocycles. The molecule has 0 saturated carbocycles. The average molecular weight is 538 g/mol. The van der Waals surface area contributed by atoms with Crippen LogP contribution in [0.3, 0.4) is 0 Å². The van der Waals surface area contributed by atoms with Crippen molar-refractivity contribution in [2.24, 2.45) is 5.73 Å². The highest BCUT2D eigenvalue weighted by Gasteiger charge is 2.44. The molecule has 0 aliphatic rings. The molecule has 2 N–H and O–H groups in total. The lowest BCUT2D eigenvalue weighted by atomic mass is 10.1. The zero-order chi connectivity index (χ0) is 27.7. The van der Waals surface area contributed by atoms with Crippen molar-refractivity contribution >= 4 is 31.0 Å². The molecule has 0 unspecified atom stereocenters. The minimum absolute atomic E-state index is 0.0508. The second-order valence-electron chi connectivity index (χ2n) is 14.4. The van der Waals surface area contributed by atoms with Gasteiger partial charge in [0.05, 0.1) is 0 Å². The summed E-state index contributed by atoms with van der Waals surface area (Å²) in [5.74, 6) is 2.40. The molecule has 0 fully saturated rings. The molecule has 4 nitrogen and oxygen atoms in total. The Balaban J connectivity index is 3.91. The molecule has 0 saturated heterocycles. The van der Waals surface area contributed by atoms with Crippen molar-refractivity contribution in [1.29, 1.82) is 0 Å². The van der Waals surface area contributed by atoms with Gasteiger partial charge in [-0.15, -0.1) is 0 Å². The van der Waals surface area contributed by atoms with Crippen LogP contribution in [0.5, 0.6) is 17.2 Å². The van der Waals surface area contributed by atoms with Crippen LogP contribution in [0.15, 0.2) is 18.2 Å². The molecule has 1 aromatic rings. The van der Waals surface area contributed by atoms with Gasteiger partial charge in [0.15, 0.2) is 5.75 Å². The minimum atomic E-state index is -2.16. The molecule has 0 aliphatic heterocycles. The van der Waals surface area contributed by atoms with Crippen LogP contribution in [0.4, 0.5) is 0 Å². The molecule has 0 heterocycles. The highest BCUT2D eigenvalue weighted by molar-refractivity contribution is 6.76. The molecule has 0 atom stereocenters. The van der Waals surface area contributed by atoms with E-state index in [1.807, 2.05) is 0 Å². The smallest absolute Gasteiger partial charge is 0.250 e. The van der Waals surface area contributed by atoms with E-state index in [9.17, 15) is 0 Å². The van der Waals surface area contributed by atoms with Crippen LogP contribution in [0, 0.1) is 0 Å². The third kappa shape index (κ3) is 8.23. The minimum Gasteiger partial charge on any atom is -0.541 e. The summed E-state index contributed by atoms with van der Waals surface area (Å²) in [6.45, 7) is 34.8. The molecule has 0 radical (unpaired) electrons. The maximum absolute atomic E-state index is 7.02. The van der Waals surface area contributed by atoms with E-state index in [-0.39, 0.29) is 15.1 Å². The fraction of sp³-hybridized carbons (Fsp3) is 0.714. The van der Waals surface area contributed by atoms with E-state index in [2.05, 4.69) is 126 Å². The van der Waals surface area contributed by atoms with Crippen LogP contribution < -0.4 is 19.0 Å².